The molecule has 4 N–H and O–H groups in total. The largest absolute Gasteiger partial charge is 0.399 e. The molecule has 2 rings (SSSR count). The fraction of sp³-hybridized carbons (Fsp3) is 0.0909. The number of anilines is 1. The van der Waals surface area contributed by atoms with E-state index in [0.717, 1.165) is 10.1 Å². The van der Waals surface area contributed by atoms with Gasteiger partial charge in [-0.25, -0.2) is 4.98 Å². The molecule has 1 heterocycles. The summed E-state index contributed by atoms with van der Waals surface area (Å²) in [7, 11) is 1.60. The van der Waals surface area contributed by atoms with Gasteiger partial charge in [-0.3, -0.25) is 4.79 Å². The molecule has 6 heteroatoms. The van der Waals surface area contributed by atoms with Crippen molar-refractivity contribution in [3.63, 3.8) is 0 Å². The van der Waals surface area contributed by atoms with Crippen molar-refractivity contribution in [2.45, 2.75) is 10.1 Å². The van der Waals surface area contributed by atoms with Crippen molar-refractivity contribution < 1.29 is 4.79 Å². The van der Waals surface area contributed by atoms with Gasteiger partial charge in [-0.2, -0.15) is 0 Å². The summed E-state index contributed by atoms with van der Waals surface area (Å²) in [4.78, 5) is 19.5. The van der Waals surface area contributed by atoms with Gasteiger partial charge in [0, 0.05) is 30.0 Å². The predicted molar refractivity (Wildman–Crippen MR) is 67.0 cm³/mol. The third-order valence-corrected chi connectivity index (χ3v) is 3.13. The van der Waals surface area contributed by atoms with Crippen molar-refractivity contribution >= 4 is 23.4 Å². The zero-order valence-corrected chi connectivity index (χ0v) is 10.0. The Labute approximate surface area is 103 Å². The minimum absolute atomic E-state index is 0.140. The summed E-state index contributed by atoms with van der Waals surface area (Å²) < 4.78 is 0. The Kier molecular flexibility index (Phi) is 3.34. The Morgan fingerprint density at radius 2 is 2.35 bits per heavy atom. The first-order chi connectivity index (χ1) is 8.20. The lowest BCUT2D eigenvalue weighted by Gasteiger charge is -2.07. The highest BCUT2D eigenvalue weighted by atomic mass is 32.2. The van der Waals surface area contributed by atoms with Crippen molar-refractivity contribution in [2.24, 2.45) is 0 Å². The zero-order chi connectivity index (χ0) is 12.3. The Balaban J connectivity index is 2.36. The van der Waals surface area contributed by atoms with Gasteiger partial charge >= 0.3 is 0 Å². The Morgan fingerprint density at radius 1 is 1.53 bits per heavy atom. The lowest BCUT2D eigenvalue weighted by atomic mass is 10.2. The van der Waals surface area contributed by atoms with E-state index in [-0.39, 0.29) is 5.91 Å². The Morgan fingerprint density at radius 3 is 3.00 bits per heavy atom. The van der Waals surface area contributed by atoms with Gasteiger partial charge in [0.2, 0.25) is 0 Å². The quantitative estimate of drug-likeness (QED) is 0.719. The van der Waals surface area contributed by atoms with Gasteiger partial charge < -0.3 is 16.0 Å². The fourth-order valence-corrected chi connectivity index (χ4v) is 2.27. The average molecular weight is 248 g/mol. The molecule has 1 aromatic heterocycles. The molecule has 0 aliphatic carbocycles. The molecule has 0 fully saturated rings. The number of rotatable bonds is 3. The number of aromatic nitrogens is 2. The summed E-state index contributed by atoms with van der Waals surface area (Å²) in [5.41, 5.74) is 6.93. The van der Waals surface area contributed by atoms with E-state index in [9.17, 15) is 4.79 Å². The highest BCUT2D eigenvalue weighted by Gasteiger charge is 2.12. The number of carbonyl (C=O) groups excluding carboxylic acids is 1. The monoisotopic (exact) mass is 248 g/mol. The summed E-state index contributed by atoms with van der Waals surface area (Å²) >= 11 is 1.37. The van der Waals surface area contributed by atoms with Crippen LogP contribution in [-0.4, -0.2) is 22.9 Å². The number of imidazole rings is 1. The molecule has 0 saturated heterocycles. The van der Waals surface area contributed by atoms with Crippen LogP contribution in [-0.2, 0) is 0 Å². The lowest BCUT2D eigenvalue weighted by Crippen LogP contribution is -2.18. The number of hydrogen-bond donors (Lipinski definition) is 3. The van der Waals surface area contributed by atoms with Crippen molar-refractivity contribution in [3.8, 4) is 0 Å². The van der Waals surface area contributed by atoms with E-state index in [1.54, 1.807) is 37.6 Å². The molecule has 5 nitrogen and oxygen atoms in total. The number of hydrogen-bond acceptors (Lipinski definition) is 4. The number of amides is 1. The minimum Gasteiger partial charge on any atom is -0.399 e. The van der Waals surface area contributed by atoms with Gasteiger partial charge in [-0.1, -0.05) is 11.8 Å². The fourth-order valence-electron chi connectivity index (χ4n) is 1.36. The van der Waals surface area contributed by atoms with Crippen LogP contribution >= 0.6 is 11.8 Å². The average Bonchev–Trinajstić information content (AvgIpc) is 2.81. The number of H-pyrrole nitrogens is 1. The third kappa shape index (κ3) is 2.59. The van der Waals surface area contributed by atoms with E-state index >= 15 is 0 Å². The molecular weight excluding hydrogens is 236 g/mol. The predicted octanol–water partition coefficient (Wildman–Crippen LogP) is 1.50. The molecule has 1 aromatic carbocycles. The van der Waals surface area contributed by atoms with E-state index in [1.165, 1.54) is 11.8 Å². The van der Waals surface area contributed by atoms with E-state index in [2.05, 4.69) is 15.3 Å². The first-order valence-electron chi connectivity index (χ1n) is 4.99. The topological polar surface area (TPSA) is 83.8 Å². The molecule has 0 unspecified atom stereocenters. The molecule has 0 atom stereocenters. The molecule has 0 saturated carbocycles. The van der Waals surface area contributed by atoms with Gasteiger partial charge in [0.05, 0.1) is 5.56 Å². The zero-order valence-electron chi connectivity index (χ0n) is 9.23. The van der Waals surface area contributed by atoms with Crippen molar-refractivity contribution in [2.75, 3.05) is 12.8 Å². The maximum Gasteiger partial charge on any atom is 0.252 e. The molecular formula is C11H12N4OS. The van der Waals surface area contributed by atoms with Crippen molar-refractivity contribution in [1.82, 2.24) is 15.3 Å². The summed E-state index contributed by atoms with van der Waals surface area (Å²) in [6, 6.07) is 5.17. The second kappa shape index (κ2) is 4.92. The molecule has 2 aromatic rings. The Hall–Kier alpha value is -1.95. The van der Waals surface area contributed by atoms with Crippen LogP contribution in [0.25, 0.3) is 0 Å². The minimum atomic E-state index is -0.140. The number of benzene rings is 1. The molecule has 0 radical (unpaired) electrons. The van der Waals surface area contributed by atoms with Crippen molar-refractivity contribution in [3.05, 3.63) is 36.2 Å². The second-order valence-electron chi connectivity index (χ2n) is 3.33. The lowest BCUT2D eigenvalue weighted by molar-refractivity contribution is 0.0960. The standard InChI is InChI=1S/C11H12N4OS/c1-13-10(16)8-3-2-7(12)6-9(8)17-11-14-4-5-15-11/h2-6H,12H2,1H3,(H,13,16)(H,14,15). The summed E-state index contributed by atoms with van der Waals surface area (Å²) in [6.07, 6.45) is 3.39. The number of nitrogen functional groups attached to an aromatic ring is 1. The molecule has 17 heavy (non-hydrogen) atoms. The highest BCUT2D eigenvalue weighted by Crippen LogP contribution is 2.29. The Bertz CT molecular complexity index is 524. The first kappa shape index (κ1) is 11.5. The third-order valence-electron chi connectivity index (χ3n) is 2.16. The van der Waals surface area contributed by atoms with Gasteiger partial charge in [-0.05, 0) is 18.2 Å². The number of aromatic amines is 1. The maximum atomic E-state index is 11.7. The van der Waals surface area contributed by atoms with E-state index < -0.39 is 0 Å². The van der Waals surface area contributed by atoms with Gasteiger partial charge in [0.15, 0.2) is 5.16 Å². The van der Waals surface area contributed by atoms with Crippen LogP contribution in [0.4, 0.5) is 5.69 Å². The van der Waals surface area contributed by atoms with Crippen LogP contribution in [0.3, 0.4) is 0 Å². The second-order valence-corrected chi connectivity index (χ2v) is 4.36. The van der Waals surface area contributed by atoms with E-state index in [1.807, 2.05) is 0 Å². The number of nitrogens with zero attached hydrogens (tertiary/aromatic N) is 1. The maximum absolute atomic E-state index is 11.7. The number of carbonyl (C=O) groups is 1. The van der Waals surface area contributed by atoms with Crippen LogP contribution in [0.2, 0.25) is 0 Å². The molecule has 0 aliphatic heterocycles. The van der Waals surface area contributed by atoms with Crippen LogP contribution in [0.1, 0.15) is 10.4 Å². The van der Waals surface area contributed by atoms with E-state index in [0.29, 0.717) is 11.3 Å². The molecule has 0 bridgehead atoms. The molecule has 88 valence electrons. The molecule has 0 aliphatic rings. The van der Waals surface area contributed by atoms with Crippen LogP contribution < -0.4 is 11.1 Å². The summed E-state index contributed by atoms with van der Waals surface area (Å²) in [5.74, 6) is -0.140. The molecule has 1 amide bonds. The normalized spacial score (nSPS) is 10.2. The smallest absolute Gasteiger partial charge is 0.252 e. The van der Waals surface area contributed by atoms with Gasteiger partial charge in [0.25, 0.3) is 5.91 Å². The first-order valence-corrected chi connectivity index (χ1v) is 5.81. The van der Waals surface area contributed by atoms with Gasteiger partial charge in [0.1, 0.15) is 0 Å². The number of nitrogens with two attached hydrogens (primary N) is 1. The highest BCUT2D eigenvalue weighted by molar-refractivity contribution is 7.99. The van der Waals surface area contributed by atoms with Crippen LogP contribution in [0, 0.1) is 0 Å². The molecule has 0 spiro atoms. The van der Waals surface area contributed by atoms with Crippen molar-refractivity contribution in [1.29, 1.82) is 0 Å². The van der Waals surface area contributed by atoms with E-state index in [4.69, 9.17) is 5.73 Å². The SMILES string of the molecule is CNC(=O)c1ccc(N)cc1Sc1ncc[nH]1. The van der Waals surface area contributed by atoms with Crippen LogP contribution in [0.15, 0.2) is 40.6 Å². The van der Waals surface area contributed by atoms with Crippen LogP contribution in [0.5, 0.6) is 0 Å². The summed E-state index contributed by atoms with van der Waals surface area (Å²) in [6.45, 7) is 0. The number of nitrogens with one attached hydrogen (secondary N) is 2. The van der Waals surface area contributed by atoms with Gasteiger partial charge in [-0.15, -0.1) is 0 Å². The summed E-state index contributed by atoms with van der Waals surface area (Å²) in [5, 5.41) is 3.32.